The van der Waals surface area contributed by atoms with Gasteiger partial charge in [0.1, 0.15) is 5.75 Å². The van der Waals surface area contributed by atoms with Gasteiger partial charge in [0.05, 0.1) is 7.11 Å². The number of carbonyl (C=O) groups excluding carboxylic acids is 2. The normalized spacial score (nSPS) is 9.86. The smallest absolute Gasteiger partial charge is 0.309 e. The number of carbonyl (C=O) groups is 2. The Labute approximate surface area is 128 Å². The Balaban J connectivity index is 1.83. The number of amides is 2. The SMILES string of the molecule is COc1ccccc1CNC(=O)C(=O)NCc1cccnc1. The fourth-order valence-electron chi connectivity index (χ4n) is 1.87. The molecule has 0 aliphatic carbocycles. The van der Waals surface area contributed by atoms with Gasteiger partial charge < -0.3 is 15.4 Å². The molecule has 0 unspecified atom stereocenters. The van der Waals surface area contributed by atoms with Crippen LogP contribution in [0.1, 0.15) is 11.1 Å². The van der Waals surface area contributed by atoms with Crippen molar-refractivity contribution in [2.75, 3.05) is 7.11 Å². The summed E-state index contributed by atoms with van der Waals surface area (Å²) in [6.45, 7) is 0.484. The summed E-state index contributed by atoms with van der Waals surface area (Å²) in [6.07, 6.45) is 3.28. The number of hydrogen-bond donors (Lipinski definition) is 2. The minimum absolute atomic E-state index is 0.225. The van der Waals surface area contributed by atoms with Crippen LogP contribution in [-0.2, 0) is 22.7 Å². The number of rotatable bonds is 5. The summed E-state index contributed by atoms with van der Waals surface area (Å²) in [5.74, 6) is -0.702. The summed E-state index contributed by atoms with van der Waals surface area (Å²) >= 11 is 0. The number of hydrogen-bond acceptors (Lipinski definition) is 4. The summed E-state index contributed by atoms with van der Waals surface area (Å²) in [5, 5.41) is 5.10. The van der Waals surface area contributed by atoms with Crippen molar-refractivity contribution in [1.82, 2.24) is 15.6 Å². The molecule has 0 saturated heterocycles. The van der Waals surface area contributed by atoms with Crippen molar-refractivity contribution < 1.29 is 14.3 Å². The van der Waals surface area contributed by atoms with Gasteiger partial charge in [-0.05, 0) is 17.7 Å². The van der Waals surface area contributed by atoms with E-state index in [1.54, 1.807) is 31.6 Å². The number of nitrogens with one attached hydrogen (secondary N) is 2. The lowest BCUT2D eigenvalue weighted by Crippen LogP contribution is -2.39. The van der Waals surface area contributed by atoms with Crippen LogP contribution in [0.25, 0.3) is 0 Å². The van der Waals surface area contributed by atoms with Gasteiger partial charge in [-0.15, -0.1) is 0 Å². The third-order valence-corrected chi connectivity index (χ3v) is 3.01. The second-order valence-electron chi connectivity index (χ2n) is 4.54. The molecule has 114 valence electrons. The molecule has 0 aliphatic rings. The van der Waals surface area contributed by atoms with Gasteiger partial charge in [0.25, 0.3) is 0 Å². The number of pyridine rings is 1. The van der Waals surface area contributed by atoms with Gasteiger partial charge in [-0.25, -0.2) is 0 Å². The van der Waals surface area contributed by atoms with Crippen molar-refractivity contribution in [2.24, 2.45) is 0 Å². The maximum Gasteiger partial charge on any atom is 0.309 e. The van der Waals surface area contributed by atoms with E-state index in [0.717, 1.165) is 11.1 Å². The summed E-state index contributed by atoms with van der Waals surface area (Å²) in [4.78, 5) is 27.4. The highest BCUT2D eigenvalue weighted by molar-refractivity contribution is 6.35. The second kappa shape index (κ2) is 7.78. The maximum atomic E-state index is 11.8. The topological polar surface area (TPSA) is 80.3 Å². The first-order chi connectivity index (χ1) is 10.7. The van der Waals surface area contributed by atoms with Crippen LogP contribution in [0.3, 0.4) is 0 Å². The molecule has 1 heterocycles. The summed E-state index contributed by atoms with van der Waals surface area (Å²) in [7, 11) is 1.56. The molecular weight excluding hydrogens is 282 g/mol. The average Bonchev–Trinajstić information content (AvgIpc) is 2.58. The Kier molecular flexibility index (Phi) is 5.48. The molecule has 6 nitrogen and oxygen atoms in total. The van der Waals surface area contributed by atoms with E-state index in [0.29, 0.717) is 5.75 Å². The highest BCUT2D eigenvalue weighted by Crippen LogP contribution is 2.16. The molecule has 22 heavy (non-hydrogen) atoms. The van der Waals surface area contributed by atoms with E-state index >= 15 is 0 Å². The van der Waals surface area contributed by atoms with Crippen LogP contribution in [0.5, 0.6) is 5.75 Å². The van der Waals surface area contributed by atoms with E-state index in [2.05, 4.69) is 15.6 Å². The quantitative estimate of drug-likeness (QED) is 0.808. The van der Waals surface area contributed by atoms with Crippen molar-refractivity contribution in [3.05, 3.63) is 59.9 Å². The Hall–Kier alpha value is -2.89. The molecule has 0 saturated carbocycles. The highest BCUT2D eigenvalue weighted by Gasteiger charge is 2.13. The van der Waals surface area contributed by atoms with Crippen LogP contribution in [-0.4, -0.2) is 23.9 Å². The van der Waals surface area contributed by atoms with Gasteiger partial charge in [0, 0.05) is 31.0 Å². The van der Waals surface area contributed by atoms with Crippen LogP contribution in [0.4, 0.5) is 0 Å². The lowest BCUT2D eigenvalue weighted by atomic mass is 10.2. The van der Waals surface area contributed by atoms with E-state index < -0.39 is 11.8 Å². The molecular formula is C16H17N3O3. The Bertz CT molecular complexity index is 644. The lowest BCUT2D eigenvalue weighted by molar-refractivity contribution is -0.139. The van der Waals surface area contributed by atoms with Gasteiger partial charge in [0.15, 0.2) is 0 Å². The third-order valence-electron chi connectivity index (χ3n) is 3.01. The van der Waals surface area contributed by atoms with Gasteiger partial charge >= 0.3 is 11.8 Å². The van der Waals surface area contributed by atoms with Crippen LogP contribution in [0.15, 0.2) is 48.8 Å². The predicted octanol–water partition coefficient (Wildman–Crippen LogP) is 1.02. The average molecular weight is 299 g/mol. The van der Waals surface area contributed by atoms with E-state index in [1.807, 2.05) is 24.3 Å². The Morgan fingerprint density at radius 1 is 1.05 bits per heavy atom. The van der Waals surface area contributed by atoms with Crippen LogP contribution < -0.4 is 15.4 Å². The van der Waals surface area contributed by atoms with Crippen LogP contribution in [0.2, 0.25) is 0 Å². The molecule has 2 aromatic rings. The first-order valence-electron chi connectivity index (χ1n) is 6.77. The fraction of sp³-hybridized carbons (Fsp3) is 0.188. The second-order valence-corrected chi connectivity index (χ2v) is 4.54. The Morgan fingerprint density at radius 3 is 2.45 bits per heavy atom. The molecule has 1 aromatic carbocycles. The first-order valence-corrected chi connectivity index (χ1v) is 6.77. The van der Waals surface area contributed by atoms with Crippen molar-refractivity contribution in [3.8, 4) is 5.75 Å². The van der Waals surface area contributed by atoms with E-state index in [9.17, 15) is 9.59 Å². The number of para-hydroxylation sites is 1. The third kappa shape index (κ3) is 4.31. The zero-order valence-corrected chi connectivity index (χ0v) is 12.2. The molecule has 1 aromatic heterocycles. The highest BCUT2D eigenvalue weighted by atomic mass is 16.5. The zero-order valence-electron chi connectivity index (χ0n) is 12.2. The Morgan fingerprint density at radius 2 is 1.77 bits per heavy atom. The van der Waals surface area contributed by atoms with Crippen LogP contribution in [0, 0.1) is 0 Å². The number of aromatic nitrogens is 1. The molecule has 2 rings (SSSR count). The zero-order chi connectivity index (χ0) is 15.8. The summed E-state index contributed by atoms with van der Waals surface area (Å²) in [5.41, 5.74) is 1.63. The van der Waals surface area contributed by atoms with Crippen LogP contribution >= 0.6 is 0 Å². The molecule has 0 atom stereocenters. The number of methoxy groups -OCH3 is 1. The fourth-order valence-corrected chi connectivity index (χ4v) is 1.87. The van der Waals surface area contributed by atoms with Crippen molar-refractivity contribution >= 4 is 11.8 Å². The van der Waals surface area contributed by atoms with Gasteiger partial charge in [-0.3, -0.25) is 14.6 Å². The largest absolute Gasteiger partial charge is 0.496 e. The molecule has 0 spiro atoms. The number of benzene rings is 1. The molecule has 6 heteroatoms. The van der Waals surface area contributed by atoms with E-state index in [-0.39, 0.29) is 13.1 Å². The maximum absolute atomic E-state index is 11.8. The number of nitrogens with zero attached hydrogens (tertiary/aromatic N) is 1. The van der Waals surface area contributed by atoms with Crippen molar-refractivity contribution in [1.29, 1.82) is 0 Å². The van der Waals surface area contributed by atoms with Gasteiger partial charge in [0.2, 0.25) is 0 Å². The number of ether oxygens (including phenoxy) is 1. The molecule has 0 radical (unpaired) electrons. The minimum Gasteiger partial charge on any atom is -0.496 e. The standard InChI is InChI=1S/C16H17N3O3/c1-22-14-7-3-2-6-13(14)11-19-16(21)15(20)18-10-12-5-4-8-17-9-12/h2-9H,10-11H2,1H3,(H,18,20)(H,19,21). The molecule has 0 aliphatic heterocycles. The monoisotopic (exact) mass is 299 g/mol. The van der Waals surface area contributed by atoms with Gasteiger partial charge in [-0.1, -0.05) is 24.3 Å². The molecule has 0 fully saturated rings. The molecule has 2 N–H and O–H groups in total. The summed E-state index contributed by atoms with van der Waals surface area (Å²) in [6, 6.07) is 10.9. The summed E-state index contributed by atoms with van der Waals surface area (Å²) < 4.78 is 5.18. The van der Waals surface area contributed by atoms with E-state index in [1.165, 1.54) is 0 Å². The minimum atomic E-state index is -0.685. The molecule has 2 amide bonds. The van der Waals surface area contributed by atoms with E-state index in [4.69, 9.17) is 4.74 Å². The lowest BCUT2D eigenvalue weighted by Gasteiger charge is -2.09. The van der Waals surface area contributed by atoms with Gasteiger partial charge in [-0.2, -0.15) is 0 Å². The van der Waals surface area contributed by atoms with Crippen molar-refractivity contribution in [3.63, 3.8) is 0 Å². The predicted molar refractivity (Wildman–Crippen MR) is 80.9 cm³/mol. The first kappa shape index (κ1) is 15.5. The molecule has 0 bridgehead atoms. The van der Waals surface area contributed by atoms with Crippen molar-refractivity contribution in [2.45, 2.75) is 13.1 Å².